The molecule has 2 saturated heterocycles. The average molecular weight is 472 g/mol. The summed E-state index contributed by atoms with van der Waals surface area (Å²) in [4.78, 5) is 27.7. The normalized spacial score (nSPS) is 54.8. The Bertz CT molecular complexity index is 855. The molecule has 4 saturated carbocycles. The number of Topliss-reactive ketones (excluding diaryl/α,β-unsaturated/α-hetero) is 1. The minimum Gasteiger partial charge on any atom is -0.463 e. The van der Waals surface area contributed by atoms with Gasteiger partial charge in [-0.3, -0.25) is 14.5 Å². The third kappa shape index (κ3) is 3.38. The summed E-state index contributed by atoms with van der Waals surface area (Å²) >= 11 is 0. The van der Waals surface area contributed by atoms with E-state index < -0.39 is 5.60 Å². The number of ether oxygens (including phenoxy) is 1. The van der Waals surface area contributed by atoms with Gasteiger partial charge in [-0.1, -0.05) is 13.8 Å². The molecule has 5 heteroatoms. The maximum atomic E-state index is 13.5. The topological polar surface area (TPSA) is 66.8 Å². The first kappa shape index (κ1) is 23.5. The maximum Gasteiger partial charge on any atom is 0.302 e. The highest BCUT2D eigenvalue weighted by Crippen LogP contribution is 2.66. The fraction of sp³-hybridized carbons (Fsp3) is 0.931. The summed E-state index contributed by atoms with van der Waals surface area (Å²) in [5.74, 6) is 4.37. The molecule has 34 heavy (non-hydrogen) atoms. The van der Waals surface area contributed by atoms with E-state index in [2.05, 4.69) is 25.7 Å². The monoisotopic (exact) mass is 471 g/mol. The molecule has 1 N–H and O–H groups in total. The Kier molecular flexibility index (Phi) is 5.54. The summed E-state index contributed by atoms with van der Waals surface area (Å²) in [5, 5.41) is 11.9. The molecule has 4 aliphatic carbocycles. The third-order valence-corrected chi connectivity index (χ3v) is 12.1. The van der Waals surface area contributed by atoms with Crippen LogP contribution in [0.2, 0.25) is 0 Å². The lowest BCUT2D eigenvalue weighted by Crippen LogP contribution is -2.67. The second-order valence-corrected chi connectivity index (χ2v) is 13.8. The first-order chi connectivity index (χ1) is 16.1. The van der Waals surface area contributed by atoms with Gasteiger partial charge in [-0.05, 0) is 105 Å². The molecule has 0 aromatic heterocycles. The van der Waals surface area contributed by atoms with Crippen molar-refractivity contribution in [3.05, 3.63) is 0 Å². The molecule has 6 fully saturated rings. The number of hydrogen-bond acceptors (Lipinski definition) is 5. The minimum atomic E-state index is -0.591. The Morgan fingerprint density at radius 2 is 1.76 bits per heavy atom. The highest BCUT2D eigenvalue weighted by Gasteiger charge is 2.64. The van der Waals surface area contributed by atoms with Gasteiger partial charge in [0.1, 0.15) is 11.9 Å². The van der Waals surface area contributed by atoms with Crippen molar-refractivity contribution in [2.45, 2.75) is 103 Å². The van der Waals surface area contributed by atoms with Crippen molar-refractivity contribution in [2.24, 2.45) is 52.8 Å². The summed E-state index contributed by atoms with van der Waals surface area (Å²) in [5.41, 5.74) is -0.547. The molecule has 2 aliphatic heterocycles. The number of piperidine rings is 2. The van der Waals surface area contributed by atoms with E-state index in [1.807, 2.05) is 0 Å². The van der Waals surface area contributed by atoms with Gasteiger partial charge in [-0.15, -0.1) is 0 Å². The Labute approximate surface area is 205 Å². The summed E-state index contributed by atoms with van der Waals surface area (Å²) in [7, 11) is 0. The average Bonchev–Trinajstić information content (AvgIpc) is 3.14. The van der Waals surface area contributed by atoms with Gasteiger partial charge in [0, 0.05) is 38.4 Å². The van der Waals surface area contributed by atoms with Crippen LogP contribution < -0.4 is 0 Å². The van der Waals surface area contributed by atoms with Gasteiger partial charge in [0.05, 0.1) is 5.60 Å². The first-order valence-electron chi connectivity index (χ1n) is 14.3. The number of fused-ring (bicyclic) bond motifs is 8. The number of carbonyl (C=O) groups is 2. The van der Waals surface area contributed by atoms with E-state index in [0.717, 1.165) is 57.5 Å². The van der Waals surface area contributed by atoms with Crippen LogP contribution in [0.5, 0.6) is 0 Å². The maximum absolute atomic E-state index is 13.5. The molecule has 0 spiro atoms. The Morgan fingerprint density at radius 1 is 0.971 bits per heavy atom. The second-order valence-electron chi connectivity index (χ2n) is 13.8. The lowest BCUT2D eigenvalue weighted by molar-refractivity contribution is -0.175. The van der Waals surface area contributed by atoms with E-state index in [4.69, 9.17) is 4.74 Å². The van der Waals surface area contributed by atoms with Crippen molar-refractivity contribution in [1.29, 1.82) is 0 Å². The molecule has 0 amide bonds. The van der Waals surface area contributed by atoms with Gasteiger partial charge in [0.2, 0.25) is 0 Å². The first-order valence-corrected chi connectivity index (χ1v) is 14.3. The van der Waals surface area contributed by atoms with E-state index in [1.54, 1.807) is 0 Å². The highest BCUT2D eigenvalue weighted by atomic mass is 16.5. The van der Waals surface area contributed by atoms with E-state index in [0.29, 0.717) is 47.3 Å². The van der Waals surface area contributed by atoms with Crippen LogP contribution in [0.25, 0.3) is 0 Å². The summed E-state index contributed by atoms with van der Waals surface area (Å²) in [6.07, 6.45) is 9.19. The number of nitrogens with zero attached hydrogens (tertiary/aromatic N) is 1. The Morgan fingerprint density at radius 3 is 2.53 bits per heavy atom. The molecule has 0 aromatic carbocycles. The number of carbonyl (C=O) groups excluding carboxylic acids is 2. The molecule has 2 heterocycles. The molecular weight excluding hydrogens is 426 g/mol. The van der Waals surface area contributed by atoms with Crippen LogP contribution in [-0.4, -0.2) is 52.6 Å². The van der Waals surface area contributed by atoms with Crippen LogP contribution in [0, 0.1) is 52.8 Å². The van der Waals surface area contributed by atoms with Crippen molar-refractivity contribution < 1.29 is 19.4 Å². The number of ketones is 1. The number of hydrogen-bond donors (Lipinski definition) is 1. The molecule has 1 unspecified atom stereocenters. The lowest BCUT2D eigenvalue weighted by Gasteiger charge is -2.59. The van der Waals surface area contributed by atoms with Gasteiger partial charge in [-0.25, -0.2) is 0 Å². The Hall–Kier alpha value is -0.940. The van der Waals surface area contributed by atoms with E-state index in [1.165, 1.54) is 26.2 Å². The molecule has 5 nitrogen and oxygen atoms in total. The molecular formula is C29H45NO4. The van der Waals surface area contributed by atoms with Gasteiger partial charge in [0.15, 0.2) is 0 Å². The van der Waals surface area contributed by atoms with Crippen molar-refractivity contribution in [3.63, 3.8) is 0 Å². The zero-order valence-corrected chi connectivity index (χ0v) is 21.7. The highest BCUT2D eigenvalue weighted by molar-refractivity contribution is 5.83. The van der Waals surface area contributed by atoms with Crippen LogP contribution in [-0.2, 0) is 14.3 Å². The minimum absolute atomic E-state index is 0.0445. The van der Waals surface area contributed by atoms with Crippen molar-refractivity contribution >= 4 is 11.8 Å². The van der Waals surface area contributed by atoms with Crippen LogP contribution >= 0.6 is 0 Å². The molecule has 12 atom stereocenters. The SMILES string of the molecule is CC(=O)OC1CC[C@@]2(C)[C@@H](C1)C(=O)C[C@H]1[C@@H]3CC[C@H]4[C@@H](CN5C[C@@H](C)CC[C@H]5[C@@]4(C)O)[C@@H]3C[C@@H]12. The predicted molar refractivity (Wildman–Crippen MR) is 130 cm³/mol. The van der Waals surface area contributed by atoms with Gasteiger partial charge >= 0.3 is 5.97 Å². The second kappa shape index (κ2) is 8.03. The van der Waals surface area contributed by atoms with Crippen LogP contribution in [0.15, 0.2) is 0 Å². The quantitative estimate of drug-likeness (QED) is 0.572. The van der Waals surface area contributed by atoms with Crippen molar-refractivity contribution in [1.82, 2.24) is 4.90 Å². The smallest absolute Gasteiger partial charge is 0.302 e. The lowest BCUT2D eigenvalue weighted by atomic mass is 9.51. The van der Waals surface area contributed by atoms with Gasteiger partial charge in [-0.2, -0.15) is 0 Å². The summed E-state index contributed by atoms with van der Waals surface area (Å²) < 4.78 is 5.57. The largest absolute Gasteiger partial charge is 0.463 e. The van der Waals surface area contributed by atoms with E-state index in [-0.39, 0.29) is 23.4 Å². The van der Waals surface area contributed by atoms with Crippen LogP contribution in [0.1, 0.15) is 85.5 Å². The number of rotatable bonds is 1. The molecule has 6 rings (SSSR count). The van der Waals surface area contributed by atoms with Crippen molar-refractivity contribution in [2.75, 3.05) is 13.1 Å². The van der Waals surface area contributed by atoms with Crippen LogP contribution in [0.4, 0.5) is 0 Å². The zero-order chi connectivity index (χ0) is 24.0. The van der Waals surface area contributed by atoms with Crippen LogP contribution in [0.3, 0.4) is 0 Å². The fourth-order valence-corrected chi connectivity index (χ4v) is 10.7. The summed E-state index contributed by atoms with van der Waals surface area (Å²) in [6.45, 7) is 10.7. The molecule has 0 radical (unpaired) electrons. The molecule has 190 valence electrons. The zero-order valence-electron chi connectivity index (χ0n) is 21.7. The summed E-state index contributed by atoms with van der Waals surface area (Å²) in [6, 6.07) is 0.324. The molecule has 0 bridgehead atoms. The van der Waals surface area contributed by atoms with Crippen molar-refractivity contribution in [3.8, 4) is 0 Å². The van der Waals surface area contributed by atoms with Gasteiger partial charge in [0.25, 0.3) is 0 Å². The van der Waals surface area contributed by atoms with E-state index in [9.17, 15) is 14.7 Å². The number of aliphatic hydroxyl groups is 1. The number of esters is 1. The third-order valence-electron chi connectivity index (χ3n) is 12.1. The van der Waals surface area contributed by atoms with E-state index >= 15 is 0 Å². The molecule has 6 aliphatic rings. The predicted octanol–water partition coefficient (Wildman–Crippen LogP) is 4.46. The molecule has 0 aromatic rings. The van der Waals surface area contributed by atoms with Gasteiger partial charge < -0.3 is 9.84 Å². The Balaban J connectivity index is 1.26. The fourth-order valence-electron chi connectivity index (χ4n) is 10.7. The standard InChI is InChI=1S/C29H45NO4/c1-16-5-8-27-29(4,33)23-7-6-19-20(22(23)15-30(27)14-16)12-24-21(19)13-26(32)25-11-18(34-17(2)31)9-10-28(24,25)3/h16,18-25,27,33H,5-15H2,1-4H3/t16-,18?,19+,20+,21-,22-,23-,24-,25-,27-,28+,29-/m0/s1.